The Hall–Kier alpha value is -3.20. The van der Waals surface area contributed by atoms with E-state index in [1.165, 1.54) is 6.07 Å². The van der Waals surface area contributed by atoms with Crippen molar-refractivity contribution in [3.63, 3.8) is 0 Å². The maximum Gasteiger partial charge on any atom is 0.225 e. The first-order valence-corrected chi connectivity index (χ1v) is 11.0. The van der Waals surface area contributed by atoms with Crippen LogP contribution >= 0.6 is 0 Å². The monoisotopic (exact) mass is 457 g/mol. The van der Waals surface area contributed by atoms with Crippen LogP contribution in [0.5, 0.6) is 11.5 Å². The Bertz CT molecular complexity index is 1100. The third kappa shape index (κ3) is 5.78. The lowest BCUT2D eigenvalue weighted by atomic mass is 9.89. The molecule has 2 atom stereocenters. The van der Waals surface area contributed by atoms with E-state index in [4.69, 9.17) is 9.47 Å². The number of fused-ring (bicyclic) bond motifs is 1. The number of hydrogen-bond acceptors (Lipinski definition) is 8. The Morgan fingerprint density at radius 1 is 1.18 bits per heavy atom. The van der Waals surface area contributed by atoms with E-state index in [1.54, 1.807) is 27.2 Å². The smallest absolute Gasteiger partial charge is 0.225 e. The first kappa shape index (κ1) is 24.4. The van der Waals surface area contributed by atoms with Gasteiger partial charge in [-0.1, -0.05) is 19.8 Å². The fourth-order valence-electron chi connectivity index (χ4n) is 3.52. The van der Waals surface area contributed by atoms with Gasteiger partial charge in [0.1, 0.15) is 22.8 Å². The molecule has 3 N–H and O–H groups in total. The third-order valence-electron chi connectivity index (χ3n) is 5.81. The van der Waals surface area contributed by atoms with Gasteiger partial charge in [-0.25, -0.2) is 14.4 Å². The van der Waals surface area contributed by atoms with Crippen LogP contribution in [0.15, 0.2) is 30.5 Å². The molecular weight excluding hydrogens is 425 g/mol. The van der Waals surface area contributed by atoms with Gasteiger partial charge >= 0.3 is 0 Å². The summed E-state index contributed by atoms with van der Waals surface area (Å²) in [6.07, 6.45) is 3.16. The van der Waals surface area contributed by atoms with Crippen LogP contribution in [0, 0.1) is 5.82 Å². The van der Waals surface area contributed by atoms with Crippen LogP contribution in [-0.2, 0) is 6.54 Å². The molecule has 178 valence electrons. The maximum absolute atomic E-state index is 13.9. The number of unbranched alkanes of at least 4 members (excludes halogenated alkanes) is 1. The number of nitrogens with zero attached hydrogens (tertiary/aromatic N) is 3. The summed E-state index contributed by atoms with van der Waals surface area (Å²) < 4.78 is 24.6. The molecule has 33 heavy (non-hydrogen) atoms. The molecule has 1 unspecified atom stereocenters. The van der Waals surface area contributed by atoms with Gasteiger partial charge in [-0.15, -0.1) is 0 Å². The standard InChI is InChI=1S/C24H32FN5O3/c1-6-7-10-24(3,15(2)31)30-22-21-19(11-17(25)14-26-21)28-23(29-22)27-13-16-8-9-18(32-4)12-20(16)33-5/h8-9,11-12,14-15,31H,6-7,10,13H2,1-5H3,(H2,27,28,29,30)/t15?,24-/m1/s1. The van der Waals surface area contributed by atoms with Crippen molar-refractivity contribution in [2.45, 2.75) is 58.2 Å². The molecule has 0 radical (unpaired) electrons. The molecule has 0 aliphatic carbocycles. The number of aliphatic hydroxyl groups is 1. The molecule has 9 heteroatoms. The van der Waals surface area contributed by atoms with E-state index in [9.17, 15) is 9.50 Å². The van der Waals surface area contributed by atoms with E-state index in [0.717, 1.165) is 31.0 Å². The maximum atomic E-state index is 13.9. The normalized spacial score (nSPS) is 13.9. The van der Waals surface area contributed by atoms with E-state index in [-0.39, 0.29) is 0 Å². The van der Waals surface area contributed by atoms with Crippen LogP contribution in [-0.4, -0.2) is 45.9 Å². The third-order valence-corrected chi connectivity index (χ3v) is 5.81. The fourth-order valence-corrected chi connectivity index (χ4v) is 3.52. The predicted octanol–water partition coefficient (Wildman–Crippen LogP) is 4.53. The summed E-state index contributed by atoms with van der Waals surface area (Å²) >= 11 is 0. The van der Waals surface area contributed by atoms with Crippen LogP contribution in [0.1, 0.15) is 45.6 Å². The summed E-state index contributed by atoms with van der Waals surface area (Å²) in [7, 11) is 3.19. The van der Waals surface area contributed by atoms with Gasteiger partial charge in [-0.05, 0) is 32.4 Å². The van der Waals surface area contributed by atoms with Gasteiger partial charge in [0.2, 0.25) is 5.95 Å². The van der Waals surface area contributed by atoms with Crippen molar-refractivity contribution in [1.82, 2.24) is 15.0 Å². The summed E-state index contributed by atoms with van der Waals surface area (Å²) in [5, 5.41) is 17.0. The van der Waals surface area contributed by atoms with Gasteiger partial charge in [-0.3, -0.25) is 0 Å². The lowest BCUT2D eigenvalue weighted by molar-refractivity contribution is 0.116. The van der Waals surface area contributed by atoms with Crippen molar-refractivity contribution >= 4 is 22.8 Å². The number of methoxy groups -OCH3 is 2. The topological polar surface area (TPSA) is 101 Å². The molecule has 8 nitrogen and oxygen atoms in total. The van der Waals surface area contributed by atoms with Crippen LogP contribution in [0.2, 0.25) is 0 Å². The minimum absolute atomic E-state index is 0.304. The van der Waals surface area contributed by atoms with Gasteiger partial charge < -0.3 is 25.2 Å². The van der Waals surface area contributed by atoms with Gasteiger partial charge in [0, 0.05) is 24.2 Å². The second kappa shape index (κ2) is 10.6. The average Bonchev–Trinajstić information content (AvgIpc) is 2.80. The molecule has 2 aromatic heterocycles. The summed E-state index contributed by atoms with van der Waals surface area (Å²) in [5.41, 5.74) is 1.04. The minimum atomic E-state index is -0.644. The first-order valence-electron chi connectivity index (χ1n) is 11.0. The number of ether oxygens (including phenoxy) is 2. The van der Waals surface area contributed by atoms with Crippen LogP contribution in [0.3, 0.4) is 0 Å². The van der Waals surface area contributed by atoms with Crippen molar-refractivity contribution in [2.24, 2.45) is 0 Å². The number of pyridine rings is 1. The summed E-state index contributed by atoms with van der Waals surface area (Å²) in [6, 6.07) is 6.85. The molecule has 3 aromatic rings. The first-order chi connectivity index (χ1) is 15.8. The van der Waals surface area contributed by atoms with E-state index in [0.29, 0.717) is 40.8 Å². The Morgan fingerprint density at radius 2 is 1.97 bits per heavy atom. The largest absolute Gasteiger partial charge is 0.497 e. The summed E-state index contributed by atoms with van der Waals surface area (Å²) in [6.45, 7) is 6.17. The molecule has 0 spiro atoms. The zero-order valence-corrected chi connectivity index (χ0v) is 19.8. The lowest BCUT2D eigenvalue weighted by Crippen LogP contribution is -2.45. The Morgan fingerprint density at radius 3 is 2.64 bits per heavy atom. The molecular formula is C24H32FN5O3. The number of rotatable bonds is 11. The Labute approximate surface area is 193 Å². The number of anilines is 2. The lowest BCUT2D eigenvalue weighted by Gasteiger charge is -2.34. The molecule has 0 saturated carbocycles. The molecule has 0 amide bonds. The SMILES string of the molecule is CCCC[C@@](C)(Nc1nc(NCc2ccc(OC)cc2OC)nc2cc(F)cnc12)C(C)O. The Kier molecular flexibility index (Phi) is 7.86. The highest BCUT2D eigenvalue weighted by Gasteiger charge is 2.31. The van der Waals surface area contributed by atoms with Gasteiger partial charge in [0.05, 0.1) is 37.6 Å². The number of hydrogen-bond donors (Lipinski definition) is 3. The summed E-state index contributed by atoms with van der Waals surface area (Å²) in [4.78, 5) is 13.3. The van der Waals surface area contributed by atoms with Crippen molar-refractivity contribution in [1.29, 1.82) is 0 Å². The van der Waals surface area contributed by atoms with E-state index in [1.807, 2.05) is 19.1 Å². The van der Waals surface area contributed by atoms with Crippen molar-refractivity contribution in [3.8, 4) is 11.5 Å². The number of aliphatic hydroxyl groups excluding tert-OH is 1. The zero-order valence-electron chi connectivity index (χ0n) is 19.8. The van der Waals surface area contributed by atoms with Crippen LogP contribution < -0.4 is 20.1 Å². The molecule has 0 bridgehead atoms. The second-order valence-corrected chi connectivity index (χ2v) is 8.27. The highest BCUT2D eigenvalue weighted by Crippen LogP contribution is 2.29. The van der Waals surface area contributed by atoms with Gasteiger partial charge in [0.15, 0.2) is 5.82 Å². The molecule has 3 rings (SSSR count). The zero-order chi connectivity index (χ0) is 24.0. The minimum Gasteiger partial charge on any atom is -0.497 e. The van der Waals surface area contributed by atoms with Crippen molar-refractivity contribution in [3.05, 3.63) is 41.8 Å². The average molecular weight is 458 g/mol. The van der Waals surface area contributed by atoms with Gasteiger partial charge in [-0.2, -0.15) is 4.98 Å². The molecule has 0 aliphatic rings. The number of benzene rings is 1. The molecule has 1 aromatic carbocycles. The fraction of sp³-hybridized carbons (Fsp3) is 0.458. The van der Waals surface area contributed by atoms with E-state index < -0.39 is 17.5 Å². The van der Waals surface area contributed by atoms with Gasteiger partial charge in [0.25, 0.3) is 0 Å². The molecule has 0 saturated heterocycles. The van der Waals surface area contributed by atoms with Crippen molar-refractivity contribution < 1.29 is 19.0 Å². The van der Waals surface area contributed by atoms with Crippen molar-refractivity contribution in [2.75, 3.05) is 24.9 Å². The number of halogens is 1. The predicted molar refractivity (Wildman–Crippen MR) is 127 cm³/mol. The van der Waals surface area contributed by atoms with Crippen LogP contribution in [0.4, 0.5) is 16.2 Å². The Balaban J connectivity index is 1.95. The highest BCUT2D eigenvalue weighted by atomic mass is 19.1. The molecule has 0 aliphatic heterocycles. The molecule has 2 heterocycles. The molecule has 0 fully saturated rings. The number of nitrogens with one attached hydrogen (secondary N) is 2. The highest BCUT2D eigenvalue weighted by molar-refractivity contribution is 5.86. The van der Waals surface area contributed by atoms with Crippen LogP contribution in [0.25, 0.3) is 11.0 Å². The number of aromatic nitrogens is 3. The van der Waals surface area contributed by atoms with E-state index in [2.05, 4.69) is 32.5 Å². The van der Waals surface area contributed by atoms with E-state index >= 15 is 0 Å². The quantitative estimate of drug-likeness (QED) is 0.386. The summed E-state index contributed by atoms with van der Waals surface area (Å²) in [5.74, 6) is 1.60. The second-order valence-electron chi connectivity index (χ2n) is 8.27.